The molecule has 0 saturated carbocycles. The Labute approximate surface area is 187 Å². The molecule has 0 radical (unpaired) electrons. The fraction of sp³-hybridized carbons (Fsp3) is 0.444. The highest BCUT2D eigenvalue weighted by molar-refractivity contribution is 7.96. The van der Waals surface area contributed by atoms with Gasteiger partial charge < -0.3 is 19.9 Å². The maximum Gasteiger partial charge on any atom is 0.414 e. The lowest BCUT2D eigenvalue weighted by molar-refractivity contribution is -0.132. The number of rotatable bonds is 6. The van der Waals surface area contributed by atoms with Gasteiger partial charge in [-0.05, 0) is 28.6 Å². The highest BCUT2D eigenvalue weighted by atomic mass is 32.1. The fourth-order valence-corrected chi connectivity index (χ4v) is 3.74. The molecule has 1 aromatic carbocycles. The summed E-state index contributed by atoms with van der Waals surface area (Å²) in [5.74, 6) is -0.583. The molecule has 3 heterocycles. The van der Waals surface area contributed by atoms with Crippen LogP contribution < -0.4 is 15.1 Å². The molecule has 2 aliphatic heterocycles. The Bertz CT molecular complexity index is 999. The van der Waals surface area contributed by atoms with Crippen molar-refractivity contribution in [2.24, 2.45) is 0 Å². The molecule has 2 fully saturated rings. The van der Waals surface area contributed by atoms with Crippen LogP contribution in [-0.2, 0) is 16.1 Å². The van der Waals surface area contributed by atoms with Crippen LogP contribution >= 0.6 is 12.6 Å². The van der Waals surface area contributed by atoms with E-state index in [1.165, 1.54) is 22.0 Å². The molecule has 4 rings (SSSR count). The molecule has 12 nitrogen and oxygen atoms in total. The Morgan fingerprint density at radius 2 is 2.03 bits per heavy atom. The van der Waals surface area contributed by atoms with Gasteiger partial charge in [0.1, 0.15) is 24.8 Å². The van der Waals surface area contributed by atoms with Gasteiger partial charge in [0.15, 0.2) is 0 Å². The number of anilines is 2. The van der Waals surface area contributed by atoms with Crippen molar-refractivity contribution in [2.75, 3.05) is 49.1 Å². The first-order valence-corrected chi connectivity index (χ1v) is 10.3. The van der Waals surface area contributed by atoms with Gasteiger partial charge in [0.2, 0.25) is 5.91 Å². The minimum absolute atomic E-state index is 0.0562. The van der Waals surface area contributed by atoms with Gasteiger partial charge in [-0.25, -0.2) is 13.9 Å². The van der Waals surface area contributed by atoms with Crippen LogP contribution in [0.15, 0.2) is 24.5 Å². The van der Waals surface area contributed by atoms with E-state index in [2.05, 4.69) is 33.5 Å². The summed E-state index contributed by atoms with van der Waals surface area (Å²) in [6.45, 7) is 2.19. The average molecular weight is 464 g/mol. The molecule has 2 aromatic rings. The van der Waals surface area contributed by atoms with Crippen LogP contribution in [0.1, 0.15) is 0 Å². The van der Waals surface area contributed by atoms with Gasteiger partial charge in [-0.15, -0.1) is 5.10 Å². The summed E-state index contributed by atoms with van der Waals surface area (Å²) in [4.78, 5) is 40.2. The monoisotopic (exact) mass is 464 g/mol. The number of carbonyl (C=O) groups excluding carboxylic acids is 3. The van der Waals surface area contributed by atoms with E-state index in [4.69, 9.17) is 4.74 Å². The van der Waals surface area contributed by atoms with Crippen molar-refractivity contribution < 1.29 is 23.5 Å². The second-order valence-corrected chi connectivity index (χ2v) is 7.72. The Hall–Kier alpha value is -3.42. The van der Waals surface area contributed by atoms with Crippen molar-refractivity contribution in [2.45, 2.75) is 12.6 Å². The Morgan fingerprint density at radius 1 is 1.25 bits per heavy atom. The lowest BCUT2D eigenvalue weighted by atomic mass is 10.2. The van der Waals surface area contributed by atoms with Crippen molar-refractivity contribution >= 4 is 41.2 Å². The predicted octanol–water partition coefficient (Wildman–Crippen LogP) is 0.126. The van der Waals surface area contributed by atoms with Crippen molar-refractivity contribution in [3.05, 3.63) is 30.3 Å². The quantitative estimate of drug-likeness (QED) is 0.578. The zero-order valence-corrected chi connectivity index (χ0v) is 17.8. The third-order valence-electron chi connectivity index (χ3n) is 5.26. The van der Waals surface area contributed by atoms with Crippen LogP contribution in [0.25, 0.3) is 0 Å². The molecule has 1 N–H and O–H groups in total. The molecular formula is C18H21FN8O4S. The van der Waals surface area contributed by atoms with E-state index >= 15 is 0 Å². The normalized spacial score (nSPS) is 18.6. The van der Waals surface area contributed by atoms with Crippen LogP contribution in [0.5, 0.6) is 0 Å². The van der Waals surface area contributed by atoms with Gasteiger partial charge >= 0.3 is 6.09 Å². The number of halogens is 1. The van der Waals surface area contributed by atoms with Crippen LogP contribution in [0, 0.1) is 5.82 Å². The van der Waals surface area contributed by atoms with Crippen molar-refractivity contribution in [3.8, 4) is 0 Å². The van der Waals surface area contributed by atoms with Crippen LogP contribution in [0.4, 0.5) is 25.4 Å². The van der Waals surface area contributed by atoms with Gasteiger partial charge in [-0.3, -0.25) is 14.5 Å². The van der Waals surface area contributed by atoms with Crippen molar-refractivity contribution in [1.82, 2.24) is 30.4 Å². The summed E-state index contributed by atoms with van der Waals surface area (Å²) in [7, 11) is 0. The van der Waals surface area contributed by atoms with Crippen molar-refractivity contribution in [1.29, 1.82) is 0 Å². The number of nitrogens with one attached hydrogen (secondary N) is 1. The molecule has 0 bridgehead atoms. The van der Waals surface area contributed by atoms with Gasteiger partial charge in [0.05, 0.1) is 24.5 Å². The second kappa shape index (κ2) is 9.38. The van der Waals surface area contributed by atoms with Gasteiger partial charge in [0, 0.05) is 26.2 Å². The molecule has 32 heavy (non-hydrogen) atoms. The highest BCUT2D eigenvalue weighted by Crippen LogP contribution is 2.28. The van der Waals surface area contributed by atoms with Crippen LogP contribution in [0.2, 0.25) is 0 Å². The Morgan fingerprint density at radius 3 is 2.69 bits per heavy atom. The van der Waals surface area contributed by atoms with Gasteiger partial charge in [-0.1, -0.05) is 12.6 Å². The SMILES string of the molecule is O=C(S)NCC1CN(c2ccc(N3CCN(C(=O)Cn4cnnn4)CC3)c(F)c2)C(=O)O1. The van der Waals surface area contributed by atoms with Crippen molar-refractivity contribution in [3.63, 3.8) is 0 Å². The third-order valence-corrected chi connectivity index (χ3v) is 5.42. The molecular weight excluding hydrogens is 443 g/mol. The number of carbonyl (C=O) groups is 3. The molecule has 1 unspecified atom stereocenters. The van der Waals surface area contributed by atoms with E-state index in [1.807, 2.05) is 4.90 Å². The molecule has 0 spiro atoms. The number of tetrazole rings is 1. The van der Waals surface area contributed by atoms with Gasteiger partial charge in [0.25, 0.3) is 5.24 Å². The number of hydrogen-bond donors (Lipinski definition) is 2. The topological polar surface area (TPSA) is 126 Å². The van der Waals surface area contributed by atoms with Crippen LogP contribution in [-0.4, -0.2) is 87.7 Å². The molecule has 1 atom stereocenters. The minimum atomic E-state index is -0.606. The van der Waals surface area contributed by atoms with E-state index in [9.17, 15) is 18.8 Å². The molecule has 2 aliphatic rings. The summed E-state index contributed by atoms with van der Waals surface area (Å²) in [6, 6.07) is 4.54. The maximum absolute atomic E-state index is 14.9. The zero-order chi connectivity index (χ0) is 22.7. The van der Waals surface area contributed by atoms with E-state index < -0.39 is 23.3 Å². The first-order valence-electron chi connectivity index (χ1n) is 9.88. The zero-order valence-electron chi connectivity index (χ0n) is 16.9. The second-order valence-electron chi connectivity index (χ2n) is 7.31. The molecule has 14 heteroatoms. The number of thiol groups is 1. The smallest absolute Gasteiger partial charge is 0.414 e. The summed E-state index contributed by atoms with van der Waals surface area (Å²) in [6.07, 6.45) is 0.227. The molecule has 0 aliphatic carbocycles. The third kappa shape index (κ3) is 4.90. The predicted molar refractivity (Wildman–Crippen MR) is 113 cm³/mol. The number of nitrogens with zero attached hydrogens (tertiary/aromatic N) is 7. The van der Waals surface area contributed by atoms with E-state index in [1.54, 1.807) is 17.0 Å². The van der Waals surface area contributed by atoms with E-state index in [0.717, 1.165) is 0 Å². The lowest BCUT2D eigenvalue weighted by Crippen LogP contribution is -2.49. The number of piperazine rings is 1. The summed E-state index contributed by atoms with van der Waals surface area (Å²) in [5.41, 5.74) is 0.763. The first-order chi connectivity index (χ1) is 15.4. The van der Waals surface area contributed by atoms with Crippen LogP contribution in [0.3, 0.4) is 0 Å². The number of ether oxygens (including phenoxy) is 1. The Balaban J connectivity index is 1.34. The molecule has 2 saturated heterocycles. The Kier molecular flexibility index (Phi) is 6.39. The number of benzene rings is 1. The molecule has 170 valence electrons. The summed E-state index contributed by atoms with van der Waals surface area (Å²) < 4.78 is 21.4. The number of aromatic nitrogens is 4. The molecule has 1 aromatic heterocycles. The largest absolute Gasteiger partial charge is 0.442 e. The lowest BCUT2D eigenvalue weighted by Gasteiger charge is -2.36. The number of cyclic esters (lactones) is 1. The van der Waals surface area contributed by atoms with E-state index in [0.29, 0.717) is 37.6 Å². The number of hydrogen-bond acceptors (Lipinski definition) is 8. The molecule has 3 amide bonds. The summed E-state index contributed by atoms with van der Waals surface area (Å²) >= 11 is 3.61. The first kappa shape index (κ1) is 21.8. The highest BCUT2D eigenvalue weighted by Gasteiger charge is 2.33. The van der Waals surface area contributed by atoms with E-state index in [-0.39, 0.29) is 25.5 Å². The fourth-order valence-electron chi connectivity index (χ4n) is 3.65. The average Bonchev–Trinajstić information content (AvgIpc) is 3.41. The van der Waals surface area contributed by atoms with Gasteiger partial charge in [-0.2, -0.15) is 0 Å². The minimum Gasteiger partial charge on any atom is -0.442 e. The maximum atomic E-state index is 14.9. The standard InChI is InChI=1S/C18H21FN8O4S/c19-14-7-12(27-9-13(31-18(27)30)8-20-17(29)32)1-2-15(14)24-3-5-25(6-4-24)16(28)10-26-11-21-22-23-26/h1-2,7,11,13H,3-6,8-10H2,(H2,20,29,32). The summed E-state index contributed by atoms with van der Waals surface area (Å²) in [5, 5.41) is 12.6. The number of amides is 3.